The Balaban J connectivity index is -0.00000112. The Kier molecular flexibility index (Phi) is 12.3. The molecule has 17 heavy (non-hydrogen) atoms. The van der Waals surface area contributed by atoms with Crippen molar-refractivity contribution in [3.8, 4) is 0 Å². The summed E-state index contributed by atoms with van der Waals surface area (Å²) in [7, 11) is 0. The van der Waals surface area contributed by atoms with E-state index in [1.807, 2.05) is 0 Å². The summed E-state index contributed by atoms with van der Waals surface area (Å²) >= 11 is 0. The van der Waals surface area contributed by atoms with Crippen molar-refractivity contribution < 1.29 is 58.8 Å². The molecule has 0 aliphatic rings. The van der Waals surface area contributed by atoms with Crippen LogP contribution in [0.3, 0.4) is 0 Å². The molecular formula is C10H17F2NaO4. The van der Waals surface area contributed by atoms with Gasteiger partial charge in [-0.05, 0) is 20.3 Å². The van der Waals surface area contributed by atoms with Crippen LogP contribution in [0.15, 0.2) is 0 Å². The number of alkyl halides is 2. The van der Waals surface area contributed by atoms with Crippen LogP contribution in [0, 0.1) is 5.92 Å². The molecule has 0 heterocycles. The number of esters is 2. The van der Waals surface area contributed by atoms with E-state index in [2.05, 4.69) is 9.47 Å². The molecule has 0 spiro atoms. The van der Waals surface area contributed by atoms with Crippen LogP contribution in [-0.4, -0.2) is 31.6 Å². The fraction of sp³-hybridized carbons (Fsp3) is 0.800. The summed E-state index contributed by atoms with van der Waals surface area (Å²) in [6, 6.07) is 0. The van der Waals surface area contributed by atoms with Crippen LogP contribution in [0.2, 0.25) is 0 Å². The summed E-state index contributed by atoms with van der Waals surface area (Å²) in [5.74, 6) is -2.85. The second-order valence-electron chi connectivity index (χ2n) is 3.03. The number of halogens is 2. The van der Waals surface area contributed by atoms with Gasteiger partial charge in [-0.3, -0.25) is 9.59 Å². The number of hydrogen-bond acceptors (Lipinski definition) is 4. The van der Waals surface area contributed by atoms with E-state index in [-0.39, 0.29) is 50.6 Å². The molecule has 0 amide bonds. The van der Waals surface area contributed by atoms with Gasteiger partial charge in [0.15, 0.2) is 5.92 Å². The van der Waals surface area contributed by atoms with E-state index in [1.165, 1.54) is 0 Å². The molecule has 0 fully saturated rings. The normalized spacial score (nSPS) is 10.0. The van der Waals surface area contributed by atoms with E-state index in [1.54, 1.807) is 13.8 Å². The monoisotopic (exact) mass is 262 g/mol. The van der Waals surface area contributed by atoms with Gasteiger partial charge >= 0.3 is 41.5 Å². The Morgan fingerprint density at radius 3 is 1.76 bits per heavy atom. The SMILES string of the molecule is CCOC(=O)C(CCC(F)F)C(=O)OCC.[H-].[Na+]. The third-order valence-corrected chi connectivity index (χ3v) is 1.82. The van der Waals surface area contributed by atoms with Gasteiger partial charge in [-0.2, -0.15) is 0 Å². The van der Waals surface area contributed by atoms with Crippen molar-refractivity contribution in [1.29, 1.82) is 0 Å². The second kappa shape index (κ2) is 10.9. The molecule has 0 aromatic carbocycles. The Hall–Kier alpha value is -0.200. The van der Waals surface area contributed by atoms with Gasteiger partial charge in [0.05, 0.1) is 13.2 Å². The van der Waals surface area contributed by atoms with Crippen molar-refractivity contribution in [2.75, 3.05) is 13.2 Å². The first-order valence-electron chi connectivity index (χ1n) is 5.14. The van der Waals surface area contributed by atoms with Gasteiger partial charge in [-0.15, -0.1) is 0 Å². The molecule has 0 radical (unpaired) electrons. The standard InChI is InChI=1S/C10H16F2O4.Na.H/c1-3-15-9(13)7(5-6-8(11)12)10(14)16-4-2;;/h7-8H,3-6H2,1-2H3;;/q;+1;-1. The molecule has 0 atom stereocenters. The summed E-state index contributed by atoms with van der Waals surface area (Å²) in [6.07, 6.45) is -3.33. The molecule has 96 valence electrons. The molecule has 0 aliphatic carbocycles. The van der Waals surface area contributed by atoms with E-state index in [0.29, 0.717) is 0 Å². The smallest absolute Gasteiger partial charge is 1.00 e. The zero-order chi connectivity index (χ0) is 12.6. The summed E-state index contributed by atoms with van der Waals surface area (Å²) in [4.78, 5) is 22.6. The van der Waals surface area contributed by atoms with Crippen molar-refractivity contribution in [3.63, 3.8) is 0 Å². The first kappa shape index (κ1) is 19.1. The maximum absolute atomic E-state index is 12.0. The molecule has 0 rings (SSSR count). The Morgan fingerprint density at radius 1 is 1.06 bits per heavy atom. The Morgan fingerprint density at radius 2 is 1.47 bits per heavy atom. The van der Waals surface area contributed by atoms with Crippen LogP contribution < -0.4 is 29.6 Å². The van der Waals surface area contributed by atoms with Crippen molar-refractivity contribution >= 4 is 11.9 Å². The number of ether oxygens (including phenoxy) is 2. The van der Waals surface area contributed by atoms with Gasteiger partial charge in [-0.1, -0.05) is 0 Å². The van der Waals surface area contributed by atoms with Gasteiger partial charge in [0.25, 0.3) is 0 Å². The predicted molar refractivity (Wildman–Crippen MR) is 53.1 cm³/mol. The van der Waals surface area contributed by atoms with E-state index >= 15 is 0 Å². The van der Waals surface area contributed by atoms with Crippen molar-refractivity contribution in [3.05, 3.63) is 0 Å². The third kappa shape index (κ3) is 8.51. The first-order valence-corrected chi connectivity index (χ1v) is 5.14. The van der Waals surface area contributed by atoms with Gasteiger partial charge in [0.1, 0.15) is 0 Å². The molecule has 0 bridgehead atoms. The van der Waals surface area contributed by atoms with Crippen molar-refractivity contribution in [2.24, 2.45) is 5.92 Å². The quantitative estimate of drug-likeness (QED) is 0.332. The maximum Gasteiger partial charge on any atom is 1.00 e. The molecular weight excluding hydrogens is 245 g/mol. The van der Waals surface area contributed by atoms with Crippen LogP contribution in [0.25, 0.3) is 0 Å². The van der Waals surface area contributed by atoms with Crippen LogP contribution in [0.4, 0.5) is 8.78 Å². The first-order chi connectivity index (χ1) is 7.52. The van der Waals surface area contributed by atoms with E-state index in [0.717, 1.165) is 0 Å². The minimum Gasteiger partial charge on any atom is -1.00 e. The van der Waals surface area contributed by atoms with E-state index in [4.69, 9.17) is 0 Å². The largest absolute Gasteiger partial charge is 1.00 e. The van der Waals surface area contributed by atoms with E-state index < -0.39 is 30.7 Å². The minimum atomic E-state index is -2.55. The molecule has 0 aliphatic heterocycles. The molecule has 4 nitrogen and oxygen atoms in total. The number of rotatable bonds is 7. The summed E-state index contributed by atoms with van der Waals surface area (Å²) in [5.41, 5.74) is 0. The fourth-order valence-electron chi connectivity index (χ4n) is 1.11. The molecule has 0 N–H and O–H groups in total. The predicted octanol–water partition coefficient (Wildman–Crippen LogP) is -1.11. The average Bonchev–Trinajstić information content (AvgIpc) is 2.18. The van der Waals surface area contributed by atoms with Gasteiger partial charge in [0.2, 0.25) is 6.43 Å². The zero-order valence-electron chi connectivity index (χ0n) is 11.4. The van der Waals surface area contributed by atoms with E-state index in [9.17, 15) is 18.4 Å². The maximum atomic E-state index is 12.0. The fourth-order valence-corrected chi connectivity index (χ4v) is 1.11. The van der Waals surface area contributed by atoms with Gasteiger partial charge in [-0.25, -0.2) is 8.78 Å². The number of hydrogen-bond donors (Lipinski definition) is 0. The Labute approximate surface area is 123 Å². The van der Waals surface area contributed by atoms with Crippen LogP contribution in [0.5, 0.6) is 0 Å². The molecule has 0 aromatic rings. The Bertz CT molecular complexity index is 224. The number of carbonyl (C=O) groups excluding carboxylic acids is 2. The molecule has 0 saturated carbocycles. The zero-order valence-corrected chi connectivity index (χ0v) is 12.4. The summed E-state index contributed by atoms with van der Waals surface area (Å²) in [5, 5.41) is 0. The molecule has 0 saturated heterocycles. The molecule has 0 unspecified atom stereocenters. The third-order valence-electron chi connectivity index (χ3n) is 1.82. The minimum absolute atomic E-state index is 0. The van der Waals surface area contributed by atoms with Crippen LogP contribution >= 0.6 is 0 Å². The number of carbonyl (C=O) groups is 2. The topological polar surface area (TPSA) is 52.6 Å². The molecule has 0 aromatic heterocycles. The van der Waals surface area contributed by atoms with Gasteiger partial charge < -0.3 is 10.9 Å². The summed E-state index contributed by atoms with van der Waals surface area (Å²) in [6.45, 7) is 3.35. The van der Waals surface area contributed by atoms with Crippen molar-refractivity contribution in [2.45, 2.75) is 33.1 Å². The summed E-state index contributed by atoms with van der Waals surface area (Å²) < 4.78 is 33.2. The average molecular weight is 262 g/mol. The van der Waals surface area contributed by atoms with Crippen molar-refractivity contribution in [1.82, 2.24) is 0 Å². The van der Waals surface area contributed by atoms with Gasteiger partial charge in [0, 0.05) is 6.42 Å². The second-order valence-corrected chi connectivity index (χ2v) is 3.03. The molecule has 7 heteroatoms. The van der Waals surface area contributed by atoms with Crippen LogP contribution in [-0.2, 0) is 19.1 Å². The van der Waals surface area contributed by atoms with Crippen LogP contribution in [0.1, 0.15) is 28.1 Å².